The van der Waals surface area contributed by atoms with Gasteiger partial charge in [-0.3, -0.25) is 4.40 Å². The fourth-order valence-electron chi connectivity index (χ4n) is 3.81. The molecule has 1 N–H and O–H groups in total. The third kappa shape index (κ3) is 2.32. The van der Waals surface area contributed by atoms with Gasteiger partial charge in [-0.15, -0.1) is 0 Å². The Morgan fingerprint density at radius 2 is 2.00 bits per heavy atom. The number of nitriles is 1. The first kappa shape index (κ1) is 15.0. The third-order valence-electron chi connectivity index (χ3n) is 5.05. The Bertz CT molecular complexity index is 940. The fraction of sp³-hybridized carbons (Fsp3) is 0.400. The Morgan fingerprint density at radius 1 is 1.25 bits per heavy atom. The molecular formula is C20H22N4. The van der Waals surface area contributed by atoms with Crippen molar-refractivity contribution in [3.05, 3.63) is 41.5 Å². The Balaban J connectivity index is 2.02. The SMILES string of the molecule is CC(C)c1cc(NC2CCCC2)n2c(nc3ccccc32)c1C#N. The summed E-state index contributed by atoms with van der Waals surface area (Å²) in [5.74, 6) is 1.35. The summed E-state index contributed by atoms with van der Waals surface area (Å²) in [6.45, 7) is 4.27. The third-order valence-corrected chi connectivity index (χ3v) is 5.05. The molecule has 1 aromatic carbocycles. The molecule has 1 saturated carbocycles. The predicted octanol–water partition coefficient (Wildman–Crippen LogP) is 4.84. The van der Waals surface area contributed by atoms with E-state index in [0.29, 0.717) is 11.6 Å². The second-order valence-electron chi connectivity index (χ2n) is 7.01. The number of rotatable bonds is 3. The van der Waals surface area contributed by atoms with Crippen molar-refractivity contribution in [2.75, 3.05) is 5.32 Å². The number of nitrogens with zero attached hydrogens (tertiary/aromatic N) is 3. The molecule has 0 spiro atoms. The Kier molecular flexibility index (Phi) is 3.65. The van der Waals surface area contributed by atoms with Crippen LogP contribution in [0.1, 0.15) is 56.6 Å². The number of pyridine rings is 1. The van der Waals surface area contributed by atoms with Gasteiger partial charge in [-0.25, -0.2) is 4.98 Å². The summed E-state index contributed by atoms with van der Waals surface area (Å²) < 4.78 is 2.12. The number of para-hydroxylation sites is 2. The summed E-state index contributed by atoms with van der Waals surface area (Å²) in [7, 11) is 0. The summed E-state index contributed by atoms with van der Waals surface area (Å²) in [6.07, 6.45) is 5.01. The van der Waals surface area contributed by atoms with Crippen LogP contribution < -0.4 is 5.32 Å². The Hall–Kier alpha value is -2.54. The molecule has 122 valence electrons. The first-order chi connectivity index (χ1) is 11.7. The second-order valence-corrected chi connectivity index (χ2v) is 7.01. The average molecular weight is 318 g/mol. The smallest absolute Gasteiger partial charge is 0.157 e. The number of aromatic nitrogens is 2. The maximum Gasteiger partial charge on any atom is 0.157 e. The van der Waals surface area contributed by atoms with Crippen molar-refractivity contribution in [3.63, 3.8) is 0 Å². The molecular weight excluding hydrogens is 296 g/mol. The number of hydrogen-bond acceptors (Lipinski definition) is 3. The zero-order valence-electron chi connectivity index (χ0n) is 14.2. The summed E-state index contributed by atoms with van der Waals surface area (Å²) in [4.78, 5) is 4.76. The van der Waals surface area contributed by atoms with Crippen LogP contribution in [-0.4, -0.2) is 15.4 Å². The van der Waals surface area contributed by atoms with E-state index in [1.807, 2.05) is 18.2 Å². The lowest BCUT2D eigenvalue weighted by atomic mass is 9.99. The van der Waals surface area contributed by atoms with Crippen LogP contribution in [0.25, 0.3) is 16.7 Å². The van der Waals surface area contributed by atoms with Crippen LogP contribution in [0.5, 0.6) is 0 Å². The molecule has 0 bridgehead atoms. The lowest BCUT2D eigenvalue weighted by molar-refractivity contribution is 0.747. The molecule has 1 aliphatic carbocycles. The first-order valence-electron chi connectivity index (χ1n) is 8.79. The second kappa shape index (κ2) is 5.83. The largest absolute Gasteiger partial charge is 0.368 e. The summed E-state index contributed by atoms with van der Waals surface area (Å²) >= 11 is 0. The highest BCUT2D eigenvalue weighted by atomic mass is 15.1. The zero-order chi connectivity index (χ0) is 16.7. The highest BCUT2D eigenvalue weighted by Gasteiger charge is 2.21. The number of imidazole rings is 1. The van der Waals surface area contributed by atoms with Crippen LogP contribution in [0, 0.1) is 11.3 Å². The van der Waals surface area contributed by atoms with Gasteiger partial charge in [-0.1, -0.05) is 38.8 Å². The van der Waals surface area contributed by atoms with Gasteiger partial charge in [0.2, 0.25) is 0 Å². The van der Waals surface area contributed by atoms with Gasteiger partial charge in [0.1, 0.15) is 11.9 Å². The molecule has 1 aliphatic rings. The van der Waals surface area contributed by atoms with E-state index >= 15 is 0 Å². The van der Waals surface area contributed by atoms with Gasteiger partial charge in [-0.2, -0.15) is 5.26 Å². The molecule has 2 aromatic heterocycles. The van der Waals surface area contributed by atoms with Crippen LogP contribution in [0.4, 0.5) is 5.82 Å². The van der Waals surface area contributed by atoms with Crippen molar-refractivity contribution in [2.24, 2.45) is 0 Å². The molecule has 24 heavy (non-hydrogen) atoms. The minimum atomic E-state index is 0.286. The lowest BCUT2D eigenvalue weighted by Gasteiger charge is -2.19. The van der Waals surface area contributed by atoms with Crippen LogP contribution in [0.15, 0.2) is 30.3 Å². The van der Waals surface area contributed by atoms with E-state index in [0.717, 1.165) is 28.1 Å². The van der Waals surface area contributed by atoms with Crippen molar-refractivity contribution >= 4 is 22.5 Å². The van der Waals surface area contributed by atoms with Crippen LogP contribution in [0.3, 0.4) is 0 Å². The van der Waals surface area contributed by atoms with E-state index in [2.05, 4.69) is 41.8 Å². The molecule has 0 saturated heterocycles. The molecule has 0 amide bonds. The van der Waals surface area contributed by atoms with Gasteiger partial charge >= 0.3 is 0 Å². The van der Waals surface area contributed by atoms with E-state index in [-0.39, 0.29) is 5.92 Å². The normalized spacial score (nSPS) is 15.4. The van der Waals surface area contributed by atoms with Crippen molar-refractivity contribution in [1.29, 1.82) is 5.26 Å². The number of benzene rings is 1. The number of fused-ring (bicyclic) bond motifs is 3. The molecule has 1 fully saturated rings. The molecule has 3 aromatic rings. The average Bonchev–Trinajstić information content (AvgIpc) is 3.21. The molecule has 0 aliphatic heterocycles. The van der Waals surface area contributed by atoms with Gasteiger partial charge in [0, 0.05) is 6.04 Å². The van der Waals surface area contributed by atoms with Crippen LogP contribution >= 0.6 is 0 Å². The standard InChI is InChI=1S/C20H22N4/c1-13(2)15-11-19(22-14-7-3-4-8-14)24-18-10-6-5-9-17(18)23-20(24)16(15)12-21/h5-6,9-11,13-14,22H,3-4,7-8H2,1-2H3. The van der Waals surface area contributed by atoms with E-state index in [1.165, 1.54) is 25.7 Å². The Morgan fingerprint density at radius 3 is 2.71 bits per heavy atom. The van der Waals surface area contributed by atoms with E-state index in [4.69, 9.17) is 4.98 Å². The topological polar surface area (TPSA) is 53.1 Å². The predicted molar refractivity (Wildman–Crippen MR) is 97.4 cm³/mol. The van der Waals surface area contributed by atoms with Gasteiger partial charge in [0.25, 0.3) is 0 Å². The van der Waals surface area contributed by atoms with E-state index in [9.17, 15) is 5.26 Å². The molecule has 0 radical (unpaired) electrons. The monoisotopic (exact) mass is 318 g/mol. The maximum atomic E-state index is 9.74. The number of anilines is 1. The molecule has 4 rings (SSSR count). The molecule has 0 atom stereocenters. The van der Waals surface area contributed by atoms with E-state index < -0.39 is 0 Å². The van der Waals surface area contributed by atoms with Gasteiger partial charge in [-0.05, 0) is 42.5 Å². The number of nitrogens with one attached hydrogen (secondary N) is 1. The van der Waals surface area contributed by atoms with Crippen molar-refractivity contribution in [1.82, 2.24) is 9.38 Å². The maximum absolute atomic E-state index is 9.74. The van der Waals surface area contributed by atoms with Gasteiger partial charge in [0.15, 0.2) is 5.65 Å². The van der Waals surface area contributed by atoms with Crippen molar-refractivity contribution in [3.8, 4) is 6.07 Å². The molecule has 4 nitrogen and oxygen atoms in total. The van der Waals surface area contributed by atoms with Crippen molar-refractivity contribution in [2.45, 2.75) is 51.5 Å². The number of hydrogen-bond donors (Lipinski definition) is 1. The molecule has 0 unspecified atom stereocenters. The summed E-state index contributed by atoms with van der Waals surface area (Å²) in [6, 6.07) is 13.2. The van der Waals surface area contributed by atoms with Gasteiger partial charge in [0.05, 0.1) is 16.6 Å². The highest BCUT2D eigenvalue weighted by Crippen LogP contribution is 2.32. The summed E-state index contributed by atoms with van der Waals surface area (Å²) in [5, 5.41) is 13.5. The molecule has 2 heterocycles. The van der Waals surface area contributed by atoms with Crippen molar-refractivity contribution < 1.29 is 0 Å². The minimum Gasteiger partial charge on any atom is -0.368 e. The van der Waals surface area contributed by atoms with Crippen LogP contribution in [0.2, 0.25) is 0 Å². The fourth-order valence-corrected chi connectivity index (χ4v) is 3.81. The zero-order valence-corrected chi connectivity index (χ0v) is 14.2. The van der Waals surface area contributed by atoms with Crippen LogP contribution in [-0.2, 0) is 0 Å². The van der Waals surface area contributed by atoms with Gasteiger partial charge < -0.3 is 5.32 Å². The first-order valence-corrected chi connectivity index (χ1v) is 8.79. The Labute approximate surface area is 142 Å². The quantitative estimate of drug-likeness (QED) is 0.752. The van der Waals surface area contributed by atoms with E-state index in [1.54, 1.807) is 0 Å². The highest BCUT2D eigenvalue weighted by molar-refractivity contribution is 5.85. The minimum absolute atomic E-state index is 0.286. The lowest BCUT2D eigenvalue weighted by Crippen LogP contribution is -2.17. The summed E-state index contributed by atoms with van der Waals surface area (Å²) in [5.41, 5.74) is 4.52. The molecule has 4 heteroatoms.